The molecule has 0 bridgehead atoms. The number of alkyl halides is 1. The van der Waals surface area contributed by atoms with E-state index in [0.717, 1.165) is 19.3 Å². The molecule has 1 rings (SSSR count). The van der Waals surface area contributed by atoms with Crippen molar-refractivity contribution in [3.63, 3.8) is 0 Å². The van der Waals surface area contributed by atoms with E-state index in [1.165, 1.54) is 12.8 Å². The molecule has 2 heteroatoms. The van der Waals surface area contributed by atoms with Crippen LogP contribution in [0, 0.1) is 0 Å². The first-order chi connectivity index (χ1) is 5.34. The van der Waals surface area contributed by atoms with Gasteiger partial charge in [0.1, 0.15) is 6.17 Å². The van der Waals surface area contributed by atoms with Crippen LogP contribution in [0.15, 0.2) is 0 Å². The topological polar surface area (TPSA) is 9.23 Å². The van der Waals surface area contributed by atoms with Crippen molar-refractivity contribution in [3.05, 3.63) is 0 Å². The van der Waals surface area contributed by atoms with Gasteiger partial charge in [-0.3, -0.25) is 0 Å². The normalized spacial score (nSPS) is 34.4. The molecule has 0 N–H and O–H groups in total. The van der Waals surface area contributed by atoms with Crippen LogP contribution in [-0.4, -0.2) is 19.4 Å². The fourth-order valence-electron chi connectivity index (χ4n) is 1.67. The molecule has 0 aromatic rings. The third-order valence-corrected chi connectivity index (χ3v) is 2.42. The smallest absolute Gasteiger partial charge is 0.126 e. The largest absolute Gasteiger partial charge is 0.378 e. The quantitative estimate of drug-likeness (QED) is 0.573. The minimum Gasteiger partial charge on any atom is -0.378 e. The Bertz CT molecular complexity index is 106. The number of halogens is 1. The van der Waals surface area contributed by atoms with Crippen LogP contribution < -0.4 is 0 Å². The molecule has 1 aliphatic rings. The average molecular weight is 160 g/mol. The standard InChI is InChI=1S/C9H17FO/c1-11-9-7-5-3-2-4-6-8(9)10/h8-9H,2-7H2,1H3/t8-,9-/m1/s1. The Hall–Kier alpha value is -0.110. The molecule has 0 heterocycles. The number of rotatable bonds is 1. The minimum absolute atomic E-state index is 0.129. The Kier molecular flexibility index (Phi) is 3.84. The van der Waals surface area contributed by atoms with E-state index in [0.29, 0.717) is 6.42 Å². The van der Waals surface area contributed by atoms with E-state index in [1.54, 1.807) is 7.11 Å². The van der Waals surface area contributed by atoms with Gasteiger partial charge >= 0.3 is 0 Å². The molecule has 0 spiro atoms. The highest BCUT2D eigenvalue weighted by molar-refractivity contribution is 4.71. The first-order valence-corrected chi connectivity index (χ1v) is 4.51. The molecule has 0 aromatic carbocycles. The molecule has 1 nitrogen and oxygen atoms in total. The minimum atomic E-state index is -0.722. The van der Waals surface area contributed by atoms with E-state index in [4.69, 9.17) is 4.74 Å². The van der Waals surface area contributed by atoms with E-state index in [2.05, 4.69) is 0 Å². The van der Waals surface area contributed by atoms with Gasteiger partial charge < -0.3 is 4.74 Å². The van der Waals surface area contributed by atoms with Crippen molar-refractivity contribution in [2.45, 2.75) is 50.8 Å². The third-order valence-electron chi connectivity index (χ3n) is 2.42. The van der Waals surface area contributed by atoms with Crippen LogP contribution in [0.2, 0.25) is 0 Å². The zero-order valence-corrected chi connectivity index (χ0v) is 7.18. The van der Waals surface area contributed by atoms with Crippen molar-refractivity contribution in [1.29, 1.82) is 0 Å². The molecule has 11 heavy (non-hydrogen) atoms. The van der Waals surface area contributed by atoms with Gasteiger partial charge in [-0.05, 0) is 12.8 Å². The predicted octanol–water partition coefficient (Wildman–Crippen LogP) is 2.69. The molecule has 1 fully saturated rings. The maximum absolute atomic E-state index is 13.2. The summed E-state index contributed by atoms with van der Waals surface area (Å²) in [6, 6.07) is 0. The predicted molar refractivity (Wildman–Crippen MR) is 43.4 cm³/mol. The molecule has 1 aliphatic carbocycles. The second-order valence-corrected chi connectivity index (χ2v) is 3.28. The molecule has 1 saturated carbocycles. The van der Waals surface area contributed by atoms with Crippen molar-refractivity contribution in [2.75, 3.05) is 7.11 Å². The monoisotopic (exact) mass is 160 g/mol. The molecule has 66 valence electrons. The lowest BCUT2D eigenvalue weighted by molar-refractivity contribution is 0.0165. The summed E-state index contributed by atoms with van der Waals surface area (Å²) in [5.74, 6) is 0. The first kappa shape index (κ1) is 8.98. The third kappa shape index (κ3) is 2.78. The maximum atomic E-state index is 13.2. The number of ether oxygens (including phenoxy) is 1. The van der Waals surface area contributed by atoms with Gasteiger partial charge in [0.15, 0.2) is 0 Å². The maximum Gasteiger partial charge on any atom is 0.126 e. The van der Waals surface area contributed by atoms with Gasteiger partial charge in [0.2, 0.25) is 0 Å². The van der Waals surface area contributed by atoms with Crippen LogP contribution in [-0.2, 0) is 4.74 Å². The van der Waals surface area contributed by atoms with E-state index in [1.807, 2.05) is 0 Å². The lowest BCUT2D eigenvalue weighted by atomic mass is 9.97. The highest BCUT2D eigenvalue weighted by Crippen LogP contribution is 2.21. The van der Waals surface area contributed by atoms with Crippen molar-refractivity contribution in [3.8, 4) is 0 Å². The van der Waals surface area contributed by atoms with Crippen LogP contribution in [0.5, 0.6) is 0 Å². The highest BCUT2D eigenvalue weighted by atomic mass is 19.1. The molecule has 0 aliphatic heterocycles. The van der Waals surface area contributed by atoms with Crippen LogP contribution in [0.1, 0.15) is 38.5 Å². The highest BCUT2D eigenvalue weighted by Gasteiger charge is 2.21. The van der Waals surface area contributed by atoms with Crippen LogP contribution in [0.3, 0.4) is 0 Å². The number of hydrogen-bond donors (Lipinski definition) is 0. The molecular weight excluding hydrogens is 143 g/mol. The Balaban J connectivity index is 2.33. The summed E-state index contributed by atoms with van der Waals surface area (Å²) < 4.78 is 18.2. The van der Waals surface area contributed by atoms with E-state index in [-0.39, 0.29) is 6.10 Å². The molecule has 0 saturated heterocycles. The summed E-state index contributed by atoms with van der Waals surface area (Å²) in [7, 11) is 1.61. The average Bonchev–Trinajstić information content (AvgIpc) is 1.98. The molecule has 0 unspecified atom stereocenters. The van der Waals surface area contributed by atoms with Crippen LogP contribution in [0.4, 0.5) is 4.39 Å². The van der Waals surface area contributed by atoms with Gasteiger partial charge in [0, 0.05) is 7.11 Å². The van der Waals surface area contributed by atoms with Gasteiger partial charge in [-0.1, -0.05) is 25.7 Å². The number of methoxy groups -OCH3 is 1. The van der Waals surface area contributed by atoms with Gasteiger partial charge in [0.25, 0.3) is 0 Å². The second kappa shape index (κ2) is 4.70. The molecule has 2 atom stereocenters. The van der Waals surface area contributed by atoms with Crippen molar-refractivity contribution in [2.24, 2.45) is 0 Å². The Morgan fingerprint density at radius 3 is 2.36 bits per heavy atom. The van der Waals surface area contributed by atoms with Gasteiger partial charge in [-0.2, -0.15) is 0 Å². The van der Waals surface area contributed by atoms with E-state index >= 15 is 0 Å². The van der Waals surface area contributed by atoms with Crippen LogP contribution >= 0.6 is 0 Å². The first-order valence-electron chi connectivity index (χ1n) is 4.51. The molecule has 0 radical (unpaired) electrons. The summed E-state index contributed by atoms with van der Waals surface area (Å²) >= 11 is 0. The van der Waals surface area contributed by atoms with Gasteiger partial charge in [-0.25, -0.2) is 4.39 Å². The van der Waals surface area contributed by atoms with Crippen molar-refractivity contribution < 1.29 is 9.13 Å². The fraction of sp³-hybridized carbons (Fsp3) is 1.00. The Labute approximate surface area is 67.9 Å². The lowest BCUT2D eigenvalue weighted by Gasteiger charge is -2.21. The van der Waals surface area contributed by atoms with Gasteiger partial charge in [-0.15, -0.1) is 0 Å². The second-order valence-electron chi connectivity index (χ2n) is 3.28. The van der Waals surface area contributed by atoms with Gasteiger partial charge in [0.05, 0.1) is 6.10 Å². The summed E-state index contributed by atoms with van der Waals surface area (Å²) in [5, 5.41) is 0. The van der Waals surface area contributed by atoms with Crippen LogP contribution in [0.25, 0.3) is 0 Å². The zero-order valence-electron chi connectivity index (χ0n) is 7.18. The molecule has 0 amide bonds. The summed E-state index contributed by atoms with van der Waals surface area (Å²) in [4.78, 5) is 0. The SMILES string of the molecule is CO[C@@H]1CCCCCC[C@H]1F. The Morgan fingerprint density at radius 1 is 1.09 bits per heavy atom. The molecular formula is C9H17FO. The lowest BCUT2D eigenvalue weighted by Crippen LogP contribution is -2.25. The fourth-order valence-corrected chi connectivity index (χ4v) is 1.67. The van der Waals surface area contributed by atoms with Crippen molar-refractivity contribution in [1.82, 2.24) is 0 Å². The summed E-state index contributed by atoms with van der Waals surface area (Å²) in [6.45, 7) is 0. The summed E-state index contributed by atoms with van der Waals surface area (Å²) in [6.07, 6.45) is 5.33. The number of hydrogen-bond acceptors (Lipinski definition) is 1. The van der Waals surface area contributed by atoms with E-state index < -0.39 is 6.17 Å². The zero-order chi connectivity index (χ0) is 8.10. The Morgan fingerprint density at radius 2 is 1.73 bits per heavy atom. The summed E-state index contributed by atoms with van der Waals surface area (Å²) in [5.41, 5.74) is 0. The van der Waals surface area contributed by atoms with Crippen molar-refractivity contribution >= 4 is 0 Å². The van der Waals surface area contributed by atoms with E-state index in [9.17, 15) is 4.39 Å². The molecule has 0 aromatic heterocycles.